The number of benzene rings is 1. The van der Waals surface area contributed by atoms with Gasteiger partial charge in [-0.25, -0.2) is 0 Å². The van der Waals surface area contributed by atoms with E-state index >= 15 is 0 Å². The Bertz CT molecular complexity index is 431. The van der Waals surface area contributed by atoms with Crippen LogP contribution in [0.1, 0.15) is 52.7 Å². The van der Waals surface area contributed by atoms with Crippen LogP contribution in [0.2, 0.25) is 0 Å². The zero-order valence-corrected chi connectivity index (χ0v) is 12.0. The molecule has 1 saturated carbocycles. The van der Waals surface area contributed by atoms with E-state index in [0.29, 0.717) is 19.8 Å². The highest BCUT2D eigenvalue weighted by Gasteiger charge is 2.21. The second-order valence-electron chi connectivity index (χ2n) is 5.15. The predicted molar refractivity (Wildman–Crippen MR) is 75.6 cm³/mol. The summed E-state index contributed by atoms with van der Waals surface area (Å²) in [5, 5.41) is 0. The highest BCUT2D eigenvalue weighted by Crippen LogP contribution is 2.37. The van der Waals surface area contributed by atoms with Crippen molar-refractivity contribution in [2.45, 2.75) is 52.1 Å². The molecule has 17 heavy (non-hydrogen) atoms. The molecule has 2 heteroatoms. The maximum absolute atomic E-state index is 12.4. The third-order valence-corrected chi connectivity index (χ3v) is 5.36. The summed E-state index contributed by atoms with van der Waals surface area (Å²) >= 11 is 0. The SMILES string of the molecule is Cc1ccc(C)c(C(=O)PC2CCCC2)c1C. The molecule has 0 heterocycles. The van der Waals surface area contributed by atoms with E-state index in [1.54, 1.807) is 0 Å². The maximum Gasteiger partial charge on any atom is 0.181 e. The van der Waals surface area contributed by atoms with Gasteiger partial charge in [-0.3, -0.25) is 4.79 Å². The summed E-state index contributed by atoms with van der Waals surface area (Å²) in [7, 11) is 0.487. The summed E-state index contributed by atoms with van der Waals surface area (Å²) in [6.07, 6.45) is 5.15. The molecule has 0 bridgehead atoms. The van der Waals surface area contributed by atoms with E-state index in [0.717, 1.165) is 11.1 Å². The largest absolute Gasteiger partial charge is 0.289 e. The third kappa shape index (κ3) is 2.77. The van der Waals surface area contributed by atoms with Gasteiger partial charge in [0.15, 0.2) is 5.52 Å². The smallest absolute Gasteiger partial charge is 0.181 e. The Balaban J connectivity index is 2.21. The molecular weight excluding hydrogens is 227 g/mol. The number of aryl methyl sites for hydroxylation is 2. The van der Waals surface area contributed by atoms with Crippen molar-refractivity contribution in [1.82, 2.24) is 0 Å². The standard InChI is InChI=1S/C15H21OP/c1-10-8-9-11(2)14(12(10)3)15(16)17-13-6-4-5-7-13/h8-9,13,17H,4-7H2,1-3H3. The lowest BCUT2D eigenvalue weighted by Gasteiger charge is -2.13. The van der Waals surface area contributed by atoms with Gasteiger partial charge in [-0.05, 0) is 64.5 Å². The molecule has 1 atom stereocenters. The molecule has 0 spiro atoms. The highest BCUT2D eigenvalue weighted by molar-refractivity contribution is 7.59. The number of hydrogen-bond acceptors (Lipinski definition) is 1. The summed E-state index contributed by atoms with van der Waals surface area (Å²) in [6, 6.07) is 4.19. The fourth-order valence-corrected chi connectivity index (χ4v) is 4.23. The van der Waals surface area contributed by atoms with E-state index in [2.05, 4.69) is 32.9 Å². The van der Waals surface area contributed by atoms with E-state index < -0.39 is 0 Å². The fourth-order valence-electron chi connectivity index (χ4n) is 2.63. The zero-order valence-electron chi connectivity index (χ0n) is 11.0. The van der Waals surface area contributed by atoms with Gasteiger partial charge in [-0.1, -0.05) is 25.0 Å². The van der Waals surface area contributed by atoms with E-state index in [-0.39, 0.29) is 0 Å². The Morgan fingerprint density at radius 3 is 2.35 bits per heavy atom. The summed E-state index contributed by atoms with van der Waals surface area (Å²) in [5.41, 5.74) is 5.60. The molecule has 0 N–H and O–H groups in total. The van der Waals surface area contributed by atoms with E-state index in [1.165, 1.54) is 36.8 Å². The Morgan fingerprint density at radius 1 is 1.12 bits per heavy atom. The summed E-state index contributed by atoms with van der Waals surface area (Å²) in [5.74, 6) is 0. The van der Waals surface area contributed by atoms with Crippen molar-refractivity contribution in [3.63, 3.8) is 0 Å². The number of rotatable bonds is 3. The molecule has 1 fully saturated rings. The van der Waals surface area contributed by atoms with E-state index in [9.17, 15) is 4.79 Å². The molecule has 92 valence electrons. The van der Waals surface area contributed by atoms with Crippen molar-refractivity contribution in [3.05, 3.63) is 34.4 Å². The van der Waals surface area contributed by atoms with Gasteiger partial charge in [-0.15, -0.1) is 0 Å². The van der Waals surface area contributed by atoms with Gasteiger partial charge in [0.05, 0.1) is 0 Å². The van der Waals surface area contributed by atoms with Crippen LogP contribution < -0.4 is 0 Å². The highest BCUT2D eigenvalue weighted by atomic mass is 31.1. The average molecular weight is 248 g/mol. The normalized spacial score (nSPS) is 17.1. The quantitative estimate of drug-likeness (QED) is 0.726. The minimum Gasteiger partial charge on any atom is -0.289 e. The van der Waals surface area contributed by atoms with Crippen molar-refractivity contribution in [3.8, 4) is 0 Å². The van der Waals surface area contributed by atoms with Gasteiger partial charge in [0, 0.05) is 5.56 Å². The van der Waals surface area contributed by atoms with E-state index in [1.807, 2.05) is 0 Å². The molecule has 0 aromatic heterocycles. The second-order valence-corrected chi connectivity index (χ2v) is 6.71. The van der Waals surface area contributed by atoms with Crippen LogP contribution in [0.4, 0.5) is 0 Å². The van der Waals surface area contributed by atoms with Crippen LogP contribution in [0, 0.1) is 20.8 Å². The first-order chi connectivity index (χ1) is 8.09. The van der Waals surface area contributed by atoms with E-state index in [4.69, 9.17) is 0 Å². The Hall–Kier alpha value is -0.680. The molecule has 0 amide bonds. The number of hydrogen-bond donors (Lipinski definition) is 0. The summed E-state index contributed by atoms with van der Waals surface area (Å²) in [4.78, 5) is 12.4. The van der Waals surface area contributed by atoms with Gasteiger partial charge in [-0.2, -0.15) is 0 Å². The van der Waals surface area contributed by atoms with Crippen molar-refractivity contribution < 1.29 is 4.79 Å². The van der Waals surface area contributed by atoms with Crippen molar-refractivity contribution >= 4 is 14.1 Å². The number of carbonyl (C=O) groups excluding carboxylic acids is 1. The Labute approximate surface area is 106 Å². The lowest BCUT2D eigenvalue weighted by atomic mass is 9.99. The summed E-state index contributed by atoms with van der Waals surface area (Å²) in [6.45, 7) is 6.22. The third-order valence-electron chi connectivity index (χ3n) is 3.86. The minimum atomic E-state index is 0.385. The van der Waals surface area contributed by atoms with Crippen LogP contribution in [0.5, 0.6) is 0 Å². The first-order valence-electron chi connectivity index (χ1n) is 6.47. The monoisotopic (exact) mass is 248 g/mol. The average Bonchev–Trinajstić information content (AvgIpc) is 2.77. The maximum atomic E-state index is 12.4. The molecule has 1 aromatic rings. The molecule has 1 nitrogen and oxygen atoms in total. The molecule has 1 aromatic carbocycles. The van der Waals surface area contributed by atoms with Gasteiger partial charge in [0.2, 0.25) is 0 Å². The topological polar surface area (TPSA) is 17.1 Å². The van der Waals surface area contributed by atoms with Crippen LogP contribution in [0.25, 0.3) is 0 Å². The lowest BCUT2D eigenvalue weighted by molar-refractivity contribution is 0.108. The van der Waals surface area contributed by atoms with Crippen LogP contribution in [0.15, 0.2) is 12.1 Å². The van der Waals surface area contributed by atoms with Gasteiger partial charge >= 0.3 is 0 Å². The molecule has 2 rings (SSSR count). The van der Waals surface area contributed by atoms with Gasteiger partial charge in [0.25, 0.3) is 0 Å². The van der Waals surface area contributed by atoms with Crippen molar-refractivity contribution in [2.24, 2.45) is 0 Å². The van der Waals surface area contributed by atoms with Crippen LogP contribution in [-0.2, 0) is 0 Å². The molecule has 0 saturated heterocycles. The number of carbonyl (C=O) groups is 1. The molecule has 0 aliphatic heterocycles. The first kappa shape index (κ1) is 12.8. The minimum absolute atomic E-state index is 0.385. The van der Waals surface area contributed by atoms with Crippen molar-refractivity contribution in [1.29, 1.82) is 0 Å². The second kappa shape index (κ2) is 5.31. The Kier molecular flexibility index (Phi) is 3.99. The lowest BCUT2D eigenvalue weighted by Crippen LogP contribution is -2.05. The zero-order chi connectivity index (χ0) is 12.4. The van der Waals surface area contributed by atoms with Gasteiger partial charge < -0.3 is 0 Å². The predicted octanol–water partition coefficient (Wildman–Crippen LogP) is 4.37. The first-order valence-corrected chi connectivity index (χ1v) is 7.55. The molecule has 1 unspecified atom stereocenters. The van der Waals surface area contributed by atoms with Crippen LogP contribution in [-0.4, -0.2) is 11.2 Å². The van der Waals surface area contributed by atoms with Crippen LogP contribution >= 0.6 is 8.58 Å². The van der Waals surface area contributed by atoms with Crippen molar-refractivity contribution in [2.75, 3.05) is 0 Å². The molecule has 0 radical (unpaired) electrons. The fraction of sp³-hybridized carbons (Fsp3) is 0.533. The molecular formula is C15H21OP. The molecule has 1 aliphatic carbocycles. The molecule has 1 aliphatic rings. The van der Waals surface area contributed by atoms with Gasteiger partial charge in [0.1, 0.15) is 0 Å². The summed E-state index contributed by atoms with van der Waals surface area (Å²) < 4.78 is 0. The Morgan fingerprint density at radius 2 is 1.71 bits per heavy atom. The van der Waals surface area contributed by atoms with Crippen LogP contribution in [0.3, 0.4) is 0 Å².